The van der Waals surface area contributed by atoms with Crippen LogP contribution in [0.2, 0.25) is 5.02 Å². The highest BCUT2D eigenvalue weighted by Crippen LogP contribution is 2.48. The second kappa shape index (κ2) is 41.2. The Labute approximate surface area is 724 Å². The van der Waals surface area contributed by atoms with Crippen molar-refractivity contribution >= 4 is 63.7 Å². The van der Waals surface area contributed by atoms with Gasteiger partial charge in [0.1, 0.15) is 38.8 Å². The monoisotopic (exact) mass is 1730 g/mol. The summed E-state index contributed by atoms with van der Waals surface area (Å²) >= 11 is 6.49. The number of aliphatic hydroxyl groups is 1. The highest BCUT2D eigenvalue weighted by Gasteiger charge is 2.47. The van der Waals surface area contributed by atoms with Gasteiger partial charge in [-0.15, -0.1) is 4.36 Å². The van der Waals surface area contributed by atoms with Gasteiger partial charge in [0.25, 0.3) is 5.91 Å². The second-order valence-electron chi connectivity index (χ2n) is 39.7. The summed E-state index contributed by atoms with van der Waals surface area (Å²) in [5.41, 5.74) is 2.19. The van der Waals surface area contributed by atoms with Crippen molar-refractivity contribution < 1.29 is 76.0 Å². The summed E-state index contributed by atoms with van der Waals surface area (Å²) in [5, 5.41) is 12.8. The highest BCUT2D eigenvalue weighted by molar-refractivity contribution is 7.92. The van der Waals surface area contributed by atoms with Crippen molar-refractivity contribution in [2.24, 2.45) is 51.7 Å². The summed E-state index contributed by atoms with van der Waals surface area (Å²) in [6.07, 6.45) is 10.1. The molecule has 32 heteroatoms. The Morgan fingerprint density at radius 2 is 1.17 bits per heavy atom. The van der Waals surface area contributed by atoms with Crippen molar-refractivity contribution in [3.8, 4) is 5.75 Å². The van der Waals surface area contributed by atoms with Crippen molar-refractivity contribution in [1.29, 1.82) is 0 Å². The van der Waals surface area contributed by atoms with Gasteiger partial charge in [0, 0.05) is 242 Å². The third-order valence-electron chi connectivity index (χ3n) is 26.2. The number of nitrogens with one attached hydrogen (secondary N) is 2. The Hall–Kier alpha value is -6.04. The molecule has 1 unspecified atom stereocenters. The molecule has 1 spiro atoms. The number of morpholine rings is 3. The van der Waals surface area contributed by atoms with Crippen LogP contribution in [-0.2, 0) is 59.7 Å². The molecule has 11 saturated heterocycles. The number of nitrogens with zero attached hydrogens (tertiary/aromatic N) is 12. The Kier molecular flexibility index (Phi) is 31.5. The maximum absolute atomic E-state index is 14.8. The molecule has 17 rings (SSSR count). The number of hydrogen-bond donors (Lipinski definition) is 3. The number of piperazine rings is 3. The van der Waals surface area contributed by atoms with Crippen LogP contribution >= 0.6 is 11.6 Å². The Morgan fingerprint density at radius 1 is 0.653 bits per heavy atom. The number of amides is 6. The Morgan fingerprint density at radius 3 is 1.66 bits per heavy atom. The molecule has 2 aliphatic carbocycles. The molecule has 676 valence electrons. The molecule has 12 fully saturated rings. The molecule has 0 aromatic heterocycles. The van der Waals surface area contributed by atoms with E-state index in [-0.39, 0.29) is 59.9 Å². The van der Waals surface area contributed by atoms with Gasteiger partial charge in [-0.1, -0.05) is 36.7 Å². The van der Waals surface area contributed by atoms with E-state index in [1.807, 2.05) is 92.3 Å². The minimum Gasteiger partial charge on any atom is -0.490 e. The first kappa shape index (κ1) is 92.6. The summed E-state index contributed by atoms with van der Waals surface area (Å²) < 4.78 is 67.3. The number of aliphatic hydroxyl groups excluding tert-OH is 1. The largest absolute Gasteiger partial charge is 0.490 e. The molecule has 1 saturated carbocycles. The summed E-state index contributed by atoms with van der Waals surface area (Å²) in [4.78, 5) is 97.1. The average molecular weight is 1730 g/mol. The predicted molar refractivity (Wildman–Crippen MR) is 465 cm³/mol. The first-order valence-corrected chi connectivity index (χ1v) is 47.0. The fraction of sp³-hybridized carbons (Fsp3) is 0.775. The van der Waals surface area contributed by atoms with Crippen LogP contribution in [0.4, 0.5) is 24.9 Å². The molecule has 121 heavy (non-hydrogen) atoms. The zero-order valence-corrected chi connectivity index (χ0v) is 75.6. The summed E-state index contributed by atoms with van der Waals surface area (Å²) in [5.74, 6) is 2.88. The number of rotatable bonds is 10. The summed E-state index contributed by atoms with van der Waals surface area (Å²) in [7, 11) is -1.70. The van der Waals surface area contributed by atoms with E-state index in [1.54, 1.807) is 23.0 Å². The average Bonchev–Trinajstić information content (AvgIpc) is 1.69. The van der Waals surface area contributed by atoms with Gasteiger partial charge >= 0.3 is 24.3 Å². The van der Waals surface area contributed by atoms with Gasteiger partial charge in [0.15, 0.2) is 0 Å². The minimum absolute atomic E-state index is 0.00696. The molecule has 3 N–H and O–H groups in total. The first-order valence-electron chi connectivity index (χ1n) is 44.9. The Balaban J connectivity index is 0.000000161. The number of aldehydes is 1. The summed E-state index contributed by atoms with van der Waals surface area (Å²) in [6, 6.07) is 12.9. The number of fused-ring (bicyclic) bond motifs is 7. The first-order chi connectivity index (χ1) is 57.7. The van der Waals surface area contributed by atoms with Gasteiger partial charge in [0.05, 0.1) is 69.7 Å². The van der Waals surface area contributed by atoms with E-state index in [1.165, 1.54) is 55.3 Å². The highest BCUT2D eigenvalue weighted by atomic mass is 35.5. The van der Waals surface area contributed by atoms with E-state index in [0.29, 0.717) is 99.7 Å². The maximum atomic E-state index is 14.8. The van der Waals surface area contributed by atoms with Crippen LogP contribution in [0.15, 0.2) is 52.9 Å². The zero-order valence-electron chi connectivity index (χ0n) is 74.0. The van der Waals surface area contributed by atoms with E-state index < -0.39 is 38.7 Å². The fourth-order valence-electron chi connectivity index (χ4n) is 19.3. The van der Waals surface area contributed by atoms with E-state index in [0.717, 1.165) is 199 Å². The molecule has 0 radical (unpaired) electrons. The second-order valence-corrected chi connectivity index (χ2v) is 42.1. The number of urea groups is 1. The molecular weight excluding hydrogens is 1590 g/mol. The number of halogens is 1. The third-order valence-corrected chi connectivity index (χ3v) is 28.4. The fourth-order valence-corrected chi connectivity index (χ4v) is 21.4. The Bertz CT molecular complexity index is 3980. The normalized spacial score (nSPS) is 29.6. The topological polar surface area (TPSA) is 286 Å². The van der Waals surface area contributed by atoms with E-state index in [2.05, 4.69) is 73.0 Å². The van der Waals surface area contributed by atoms with Crippen molar-refractivity contribution in [2.75, 3.05) is 247 Å². The minimum atomic E-state index is -3.49. The van der Waals surface area contributed by atoms with Gasteiger partial charge in [-0.05, 0) is 166 Å². The molecule has 2 aromatic rings. The maximum Gasteiger partial charge on any atom is 0.410 e. The van der Waals surface area contributed by atoms with Crippen LogP contribution in [-0.4, -0.2) is 378 Å². The van der Waals surface area contributed by atoms with Crippen molar-refractivity contribution in [2.45, 2.75) is 154 Å². The van der Waals surface area contributed by atoms with Gasteiger partial charge < -0.3 is 92.3 Å². The molecule has 13 aliphatic heterocycles. The van der Waals surface area contributed by atoms with Crippen LogP contribution in [0, 0.1) is 47.3 Å². The number of anilines is 1. The molecule has 2 bridgehead atoms. The van der Waals surface area contributed by atoms with Crippen molar-refractivity contribution in [1.82, 2.24) is 59.0 Å². The summed E-state index contributed by atoms with van der Waals surface area (Å²) in [6.45, 7) is 50.3. The molecule has 15 aliphatic rings. The number of carbonyl (C=O) groups is 6. The standard InChI is InChI=1S/C44H59ClN6O6S.C16H29N3O3.C11H21N3O.C9H17NO3.C9H15NO3/c1-30-5-3-7-40(55-2)37-11-8-34(37)24-51-28-44(14-4-6-32-19-35(45)10-12-38(32)44)29-57-41-13-9-33(20-39(41)51)42(52)46-58(54,27-30)47-43(53)50-22-31(23-50)21-48-15-16-49-17-18-56-26-36(49)25-48;1-16(2,3)22-15(20)19-9-13(10-19)8-17-4-5-18-6-7-21-12-14(18)11-17;1-2-14-3-4-15-9-11(14)8-13(1)7-10-5-12-6-10;2*1-9(2,3)13-8(12)10-4-7(5-10)6-11/h3,7,9-10,12-13,19-20,30-31,34,36-37,40H,4-6,8,11,14-18,21-29H2,1-2H3,(H,46,47,52,53,54);13-14H,4-12H2,1-3H3;10-12H,1-9H2;7,11H,4-6H2,1-3H3;6-7H,4-5H2,1-3H3/b7-3+;;;;/t30-,34-,36-,37+,40-,44-,58?;14-;11-;;/m000../s1. The number of aryl methyl sites for hydroxylation is 1. The van der Waals surface area contributed by atoms with Crippen LogP contribution in [0.25, 0.3) is 0 Å². The van der Waals surface area contributed by atoms with E-state index in [9.17, 15) is 33.0 Å². The van der Waals surface area contributed by atoms with Gasteiger partial charge in [-0.25, -0.2) is 23.4 Å². The number of likely N-dealkylation sites (tertiary alicyclic amines) is 4. The lowest BCUT2D eigenvalue weighted by Crippen LogP contribution is -2.62. The lowest BCUT2D eigenvalue weighted by molar-refractivity contribution is -0.115. The third kappa shape index (κ3) is 25.4. The zero-order chi connectivity index (χ0) is 86.0. The quantitative estimate of drug-likeness (QED) is 0.117. The van der Waals surface area contributed by atoms with Crippen LogP contribution in [0.1, 0.15) is 123 Å². The number of ether oxygens (including phenoxy) is 8. The molecule has 13 heterocycles. The number of benzene rings is 2. The van der Waals surface area contributed by atoms with Crippen LogP contribution < -0.4 is 19.7 Å². The van der Waals surface area contributed by atoms with Gasteiger partial charge in [0.2, 0.25) is 0 Å². The van der Waals surface area contributed by atoms with Crippen molar-refractivity contribution in [3.05, 3.63) is 70.3 Å². The smallest absolute Gasteiger partial charge is 0.410 e. The lowest BCUT2D eigenvalue weighted by Gasteiger charge is -2.47. The molecule has 2 aromatic carbocycles. The van der Waals surface area contributed by atoms with E-state index in [4.69, 9.17) is 54.6 Å². The van der Waals surface area contributed by atoms with Crippen LogP contribution in [0.3, 0.4) is 0 Å². The number of allylic oxidation sites excluding steroid dienone is 1. The molecule has 9 atom stereocenters. The van der Waals surface area contributed by atoms with Crippen molar-refractivity contribution in [3.63, 3.8) is 0 Å². The number of hydrogen-bond acceptors (Lipinski definition) is 24. The van der Waals surface area contributed by atoms with E-state index >= 15 is 0 Å². The lowest BCUT2D eigenvalue weighted by atomic mass is 9.68. The number of carbonyl (C=O) groups excluding carboxylic acids is 6. The predicted octanol–water partition coefficient (Wildman–Crippen LogP) is 7.62. The number of methoxy groups -OCH3 is 1. The molecule has 30 nitrogen and oxygen atoms in total. The SMILES string of the molecule is C1CN2CCN(CC3CNC3)C[C@H]2CO1.CC(C)(C)OC(=O)N1CC(C=O)C1.CC(C)(C)OC(=O)N1CC(CN2CCN3CCOC[C@@H]3C2)C1.CC(C)(C)OC(=O)N1CC(CO)C1.CO[C@H]1/C=C/C[C@H](C)CS(=O)(NC(=O)N2CC(CN3CCN4CCOC[C@@H]4C3)C2)=NC(=O)c2ccc3c(c2)N(C[C@@H]2CC[C@H]21)C[C@@]1(CCCc2cc(Cl)ccc21)CO3. The van der Waals surface area contributed by atoms with Crippen LogP contribution in [0.5, 0.6) is 5.75 Å². The van der Waals surface area contributed by atoms with Gasteiger partial charge in [-0.3, -0.25) is 24.2 Å². The molecule has 6 amide bonds. The molecular formula is C89H141ClN14O16S. The van der Waals surface area contributed by atoms with Gasteiger partial charge in [-0.2, -0.15) is 0 Å².